The van der Waals surface area contributed by atoms with Crippen molar-refractivity contribution in [3.8, 4) is 0 Å². The summed E-state index contributed by atoms with van der Waals surface area (Å²) >= 11 is 0. The van der Waals surface area contributed by atoms with E-state index in [0.717, 1.165) is 11.1 Å². The van der Waals surface area contributed by atoms with Crippen molar-refractivity contribution < 1.29 is 14.0 Å². The Balaban J connectivity index is 1.89. The topological polar surface area (TPSA) is 49.4 Å². The van der Waals surface area contributed by atoms with Crippen LogP contribution in [0.4, 0.5) is 4.39 Å². The first-order valence-corrected chi connectivity index (χ1v) is 7.90. The molecule has 124 valence electrons. The third-order valence-corrected chi connectivity index (χ3v) is 4.42. The van der Waals surface area contributed by atoms with Crippen LogP contribution in [-0.4, -0.2) is 29.8 Å². The molecular weight excluding hydrogens is 307 g/mol. The van der Waals surface area contributed by atoms with Crippen molar-refractivity contribution in [1.82, 2.24) is 10.2 Å². The van der Waals surface area contributed by atoms with Crippen LogP contribution in [0.25, 0.3) is 0 Å². The largest absolute Gasteiger partial charge is 0.355 e. The van der Waals surface area contributed by atoms with E-state index in [4.69, 9.17) is 0 Å². The van der Waals surface area contributed by atoms with Gasteiger partial charge in [-0.1, -0.05) is 12.1 Å². The van der Waals surface area contributed by atoms with Gasteiger partial charge in [-0.05, 0) is 54.8 Å². The minimum absolute atomic E-state index is 0.0131. The highest BCUT2D eigenvalue weighted by Crippen LogP contribution is 2.25. The molecule has 2 aromatic rings. The van der Waals surface area contributed by atoms with Crippen molar-refractivity contribution in [1.29, 1.82) is 0 Å². The second-order valence-electron chi connectivity index (χ2n) is 6.06. The minimum atomic E-state index is -0.294. The quantitative estimate of drug-likeness (QED) is 0.922. The lowest BCUT2D eigenvalue weighted by Gasteiger charge is -2.35. The molecule has 0 bridgehead atoms. The van der Waals surface area contributed by atoms with Crippen molar-refractivity contribution in [3.05, 3.63) is 70.5 Å². The van der Waals surface area contributed by atoms with E-state index in [0.29, 0.717) is 24.1 Å². The second-order valence-corrected chi connectivity index (χ2v) is 6.06. The molecule has 1 N–H and O–H groups in total. The van der Waals surface area contributed by atoms with Gasteiger partial charge >= 0.3 is 0 Å². The van der Waals surface area contributed by atoms with Crippen molar-refractivity contribution in [2.75, 3.05) is 7.05 Å². The zero-order valence-corrected chi connectivity index (χ0v) is 13.7. The summed E-state index contributed by atoms with van der Waals surface area (Å²) in [5.74, 6) is -0.677. The van der Waals surface area contributed by atoms with Crippen LogP contribution in [0.3, 0.4) is 0 Å². The number of benzene rings is 2. The van der Waals surface area contributed by atoms with Gasteiger partial charge in [0, 0.05) is 30.8 Å². The summed E-state index contributed by atoms with van der Waals surface area (Å²) in [5.41, 5.74) is 2.82. The van der Waals surface area contributed by atoms with Gasteiger partial charge in [0.1, 0.15) is 5.82 Å². The Hall–Kier alpha value is -2.69. The molecule has 1 aliphatic rings. The van der Waals surface area contributed by atoms with Gasteiger partial charge in [-0.3, -0.25) is 9.59 Å². The van der Waals surface area contributed by atoms with Gasteiger partial charge in [0.15, 0.2) is 0 Å². The van der Waals surface area contributed by atoms with E-state index < -0.39 is 0 Å². The molecule has 1 heterocycles. The summed E-state index contributed by atoms with van der Waals surface area (Å²) in [6.07, 6.45) is 0.691. The smallest absolute Gasteiger partial charge is 0.254 e. The standard InChI is InChI=1S/C19H19FN2O2/c1-12-8-13-6-7-17(20)10-16(13)11-22(12)19(24)15-5-3-4-14(9-15)18(23)21-2/h3-7,9-10,12H,8,11H2,1-2H3,(H,21,23). The van der Waals surface area contributed by atoms with Crippen LogP contribution >= 0.6 is 0 Å². The fraction of sp³-hybridized carbons (Fsp3) is 0.263. The maximum Gasteiger partial charge on any atom is 0.254 e. The Labute approximate surface area is 140 Å². The predicted octanol–water partition coefficient (Wildman–Crippen LogP) is 2.77. The Morgan fingerprint density at radius 3 is 2.62 bits per heavy atom. The molecule has 0 radical (unpaired) electrons. The number of rotatable bonds is 2. The summed E-state index contributed by atoms with van der Waals surface area (Å²) in [7, 11) is 1.55. The number of fused-ring (bicyclic) bond motifs is 1. The van der Waals surface area contributed by atoms with E-state index in [1.807, 2.05) is 6.92 Å². The summed E-state index contributed by atoms with van der Waals surface area (Å²) in [5, 5.41) is 2.55. The molecule has 0 fully saturated rings. The van der Waals surface area contributed by atoms with Crippen LogP contribution in [0.5, 0.6) is 0 Å². The van der Waals surface area contributed by atoms with E-state index >= 15 is 0 Å². The van der Waals surface area contributed by atoms with Gasteiger partial charge in [0.2, 0.25) is 0 Å². The molecule has 0 aliphatic carbocycles. The highest BCUT2D eigenvalue weighted by molar-refractivity contribution is 5.99. The zero-order valence-electron chi connectivity index (χ0n) is 13.7. The number of carbonyl (C=O) groups excluding carboxylic acids is 2. The number of hydrogen-bond acceptors (Lipinski definition) is 2. The van der Waals surface area contributed by atoms with E-state index in [9.17, 15) is 14.0 Å². The van der Waals surface area contributed by atoms with Gasteiger partial charge in [0.05, 0.1) is 0 Å². The van der Waals surface area contributed by atoms with Crippen LogP contribution in [0, 0.1) is 5.82 Å². The van der Waals surface area contributed by atoms with Crippen molar-refractivity contribution >= 4 is 11.8 Å². The van der Waals surface area contributed by atoms with E-state index in [1.54, 1.807) is 42.3 Å². The number of carbonyl (C=O) groups is 2. The van der Waals surface area contributed by atoms with Gasteiger partial charge in [-0.25, -0.2) is 4.39 Å². The third kappa shape index (κ3) is 3.02. The molecule has 4 nitrogen and oxygen atoms in total. The first-order valence-electron chi connectivity index (χ1n) is 7.90. The molecule has 1 unspecified atom stereocenters. The molecule has 0 saturated heterocycles. The molecule has 1 atom stereocenters. The Morgan fingerprint density at radius 2 is 1.88 bits per heavy atom. The van der Waals surface area contributed by atoms with Crippen LogP contribution < -0.4 is 5.32 Å². The maximum atomic E-state index is 13.5. The molecule has 5 heteroatoms. The monoisotopic (exact) mass is 326 g/mol. The molecule has 0 saturated carbocycles. The minimum Gasteiger partial charge on any atom is -0.355 e. The highest BCUT2D eigenvalue weighted by Gasteiger charge is 2.28. The van der Waals surface area contributed by atoms with Crippen LogP contribution in [0.15, 0.2) is 42.5 Å². The average Bonchev–Trinajstić information content (AvgIpc) is 2.60. The number of nitrogens with zero attached hydrogens (tertiary/aromatic N) is 1. The summed E-state index contributed by atoms with van der Waals surface area (Å²) < 4.78 is 13.5. The summed E-state index contributed by atoms with van der Waals surface area (Å²) in [6.45, 7) is 2.35. The molecule has 24 heavy (non-hydrogen) atoms. The first kappa shape index (κ1) is 16.2. The summed E-state index contributed by atoms with van der Waals surface area (Å²) in [6, 6.07) is 11.4. The van der Waals surface area contributed by atoms with E-state index in [-0.39, 0.29) is 23.7 Å². The molecule has 2 amide bonds. The molecule has 0 spiro atoms. The highest BCUT2D eigenvalue weighted by atomic mass is 19.1. The number of amides is 2. The molecule has 2 aromatic carbocycles. The number of hydrogen-bond donors (Lipinski definition) is 1. The lowest BCUT2D eigenvalue weighted by atomic mass is 9.94. The SMILES string of the molecule is CNC(=O)c1cccc(C(=O)N2Cc3cc(F)ccc3CC2C)c1. The fourth-order valence-corrected chi connectivity index (χ4v) is 3.08. The Kier molecular flexibility index (Phi) is 4.34. The van der Waals surface area contributed by atoms with E-state index in [2.05, 4.69) is 5.32 Å². The Morgan fingerprint density at radius 1 is 1.12 bits per heavy atom. The molecular formula is C19H19FN2O2. The van der Waals surface area contributed by atoms with Crippen LogP contribution in [0.2, 0.25) is 0 Å². The third-order valence-electron chi connectivity index (χ3n) is 4.42. The molecule has 3 rings (SSSR count). The normalized spacial score (nSPS) is 16.5. The van der Waals surface area contributed by atoms with Crippen LogP contribution in [-0.2, 0) is 13.0 Å². The lowest BCUT2D eigenvalue weighted by Crippen LogP contribution is -2.42. The zero-order chi connectivity index (χ0) is 17.3. The van der Waals surface area contributed by atoms with Gasteiger partial charge < -0.3 is 10.2 Å². The Bertz CT molecular complexity index is 804. The molecule has 1 aliphatic heterocycles. The van der Waals surface area contributed by atoms with Crippen molar-refractivity contribution in [2.45, 2.75) is 25.9 Å². The van der Waals surface area contributed by atoms with Crippen molar-refractivity contribution in [2.24, 2.45) is 0 Å². The van der Waals surface area contributed by atoms with Crippen LogP contribution in [0.1, 0.15) is 38.8 Å². The average molecular weight is 326 g/mol. The number of halogens is 1. The fourth-order valence-electron chi connectivity index (χ4n) is 3.08. The second kappa shape index (κ2) is 6.43. The predicted molar refractivity (Wildman–Crippen MR) is 89.3 cm³/mol. The molecule has 0 aromatic heterocycles. The first-order chi connectivity index (χ1) is 11.5. The van der Waals surface area contributed by atoms with E-state index in [1.165, 1.54) is 12.1 Å². The van der Waals surface area contributed by atoms with Gasteiger partial charge in [-0.15, -0.1) is 0 Å². The maximum absolute atomic E-state index is 13.5. The van der Waals surface area contributed by atoms with Gasteiger partial charge in [0.25, 0.3) is 11.8 Å². The van der Waals surface area contributed by atoms with Crippen molar-refractivity contribution in [3.63, 3.8) is 0 Å². The lowest BCUT2D eigenvalue weighted by molar-refractivity contribution is 0.0658. The van der Waals surface area contributed by atoms with Gasteiger partial charge in [-0.2, -0.15) is 0 Å². The summed E-state index contributed by atoms with van der Waals surface area (Å²) in [4.78, 5) is 26.3. The number of nitrogens with one attached hydrogen (secondary N) is 1.